The van der Waals surface area contributed by atoms with E-state index in [1.807, 2.05) is 24.3 Å². The van der Waals surface area contributed by atoms with Gasteiger partial charge in [0.05, 0.1) is 26.7 Å². The third kappa shape index (κ3) is 5.51. The van der Waals surface area contributed by atoms with Crippen LogP contribution in [0, 0.1) is 11.8 Å². The molecular formula is C23H29N3O5. The largest absolute Gasteiger partial charge is 0.497 e. The molecule has 2 atom stereocenters. The van der Waals surface area contributed by atoms with Crippen LogP contribution in [0.3, 0.4) is 0 Å². The Balaban J connectivity index is 1.85. The van der Waals surface area contributed by atoms with Crippen molar-refractivity contribution in [1.29, 1.82) is 0 Å². The van der Waals surface area contributed by atoms with E-state index in [-0.39, 0.29) is 30.0 Å². The highest BCUT2D eigenvalue weighted by Gasteiger charge is 2.32. The first kappa shape index (κ1) is 22.5. The third-order valence-electron chi connectivity index (χ3n) is 5.58. The quantitative estimate of drug-likeness (QED) is 0.637. The van der Waals surface area contributed by atoms with Gasteiger partial charge >= 0.3 is 11.9 Å². The number of hydrogen-bond acceptors (Lipinski definition) is 8. The first-order valence-corrected chi connectivity index (χ1v) is 10.6. The van der Waals surface area contributed by atoms with Crippen molar-refractivity contribution in [3.05, 3.63) is 36.0 Å². The first-order chi connectivity index (χ1) is 15.1. The monoisotopic (exact) mass is 427 g/mol. The van der Waals surface area contributed by atoms with E-state index in [0.29, 0.717) is 18.2 Å². The Labute approximate surface area is 182 Å². The van der Waals surface area contributed by atoms with Crippen LogP contribution in [0.2, 0.25) is 0 Å². The van der Waals surface area contributed by atoms with E-state index in [2.05, 4.69) is 15.3 Å². The summed E-state index contributed by atoms with van der Waals surface area (Å²) < 4.78 is 15.3. The zero-order chi connectivity index (χ0) is 22.2. The van der Waals surface area contributed by atoms with Crippen LogP contribution in [-0.4, -0.2) is 49.3 Å². The van der Waals surface area contributed by atoms with Gasteiger partial charge in [0.15, 0.2) is 5.82 Å². The zero-order valence-electron chi connectivity index (χ0n) is 18.2. The number of carbonyl (C=O) groups is 2. The number of methoxy groups -OCH3 is 2. The molecule has 0 bridgehead atoms. The molecule has 1 aliphatic carbocycles. The lowest BCUT2D eigenvalue weighted by Crippen LogP contribution is -2.33. The van der Waals surface area contributed by atoms with Crippen molar-refractivity contribution in [2.75, 3.05) is 32.7 Å². The Hall–Kier alpha value is -3.16. The average molecular weight is 428 g/mol. The Bertz CT molecular complexity index is 901. The van der Waals surface area contributed by atoms with Gasteiger partial charge < -0.3 is 19.5 Å². The summed E-state index contributed by atoms with van der Waals surface area (Å²) in [5.74, 6) is 0.894. The molecule has 1 saturated carbocycles. The van der Waals surface area contributed by atoms with Crippen LogP contribution >= 0.6 is 0 Å². The summed E-state index contributed by atoms with van der Waals surface area (Å²) in [6, 6.07) is 7.37. The minimum Gasteiger partial charge on any atom is -0.497 e. The molecule has 1 aromatic carbocycles. The number of nitrogens with one attached hydrogen (secondary N) is 1. The molecule has 0 saturated heterocycles. The van der Waals surface area contributed by atoms with Gasteiger partial charge in [0.1, 0.15) is 17.1 Å². The Morgan fingerprint density at radius 3 is 2.55 bits per heavy atom. The van der Waals surface area contributed by atoms with E-state index in [9.17, 15) is 9.59 Å². The Morgan fingerprint density at radius 1 is 1.13 bits per heavy atom. The molecule has 0 amide bonds. The lowest BCUT2D eigenvalue weighted by Gasteiger charge is -2.30. The smallest absolute Gasteiger partial charge is 0.343 e. The van der Waals surface area contributed by atoms with Crippen LogP contribution in [0.25, 0.3) is 11.4 Å². The fourth-order valence-electron chi connectivity index (χ4n) is 3.90. The van der Waals surface area contributed by atoms with Gasteiger partial charge in [0.2, 0.25) is 0 Å². The molecule has 2 aromatic rings. The molecule has 3 rings (SSSR count). The topological polar surface area (TPSA) is 99.6 Å². The normalized spacial score (nSPS) is 18.2. The molecule has 31 heavy (non-hydrogen) atoms. The number of anilines is 1. The van der Waals surface area contributed by atoms with Gasteiger partial charge in [-0.15, -0.1) is 0 Å². The van der Waals surface area contributed by atoms with Gasteiger partial charge in [0.25, 0.3) is 0 Å². The number of rotatable bonds is 8. The predicted octanol–water partition coefficient (Wildman–Crippen LogP) is 3.72. The second kappa shape index (κ2) is 10.7. The van der Waals surface area contributed by atoms with Crippen LogP contribution in [-0.2, 0) is 14.3 Å². The van der Waals surface area contributed by atoms with E-state index >= 15 is 0 Å². The van der Waals surface area contributed by atoms with Crippen molar-refractivity contribution in [2.24, 2.45) is 11.8 Å². The van der Waals surface area contributed by atoms with Crippen LogP contribution in [0.4, 0.5) is 5.82 Å². The maximum Gasteiger partial charge on any atom is 0.343 e. The maximum absolute atomic E-state index is 12.4. The van der Waals surface area contributed by atoms with Crippen LogP contribution in [0.5, 0.6) is 5.75 Å². The van der Waals surface area contributed by atoms with E-state index in [0.717, 1.165) is 37.0 Å². The highest BCUT2D eigenvalue weighted by Crippen LogP contribution is 2.31. The number of esters is 2. The molecule has 1 aromatic heterocycles. The summed E-state index contributed by atoms with van der Waals surface area (Å²) in [6.07, 6.45) is 5.28. The van der Waals surface area contributed by atoms with E-state index in [1.54, 1.807) is 14.0 Å². The van der Waals surface area contributed by atoms with Gasteiger partial charge in [-0.3, -0.25) is 4.79 Å². The first-order valence-electron chi connectivity index (χ1n) is 10.6. The Morgan fingerprint density at radius 2 is 1.87 bits per heavy atom. The van der Waals surface area contributed by atoms with E-state index in [4.69, 9.17) is 14.2 Å². The van der Waals surface area contributed by atoms with Crippen molar-refractivity contribution in [1.82, 2.24) is 9.97 Å². The number of benzene rings is 1. The Kier molecular flexibility index (Phi) is 7.81. The fourth-order valence-corrected chi connectivity index (χ4v) is 3.90. The molecule has 0 spiro atoms. The SMILES string of the molecule is CCOC(=O)c1cnc(-c2ccc(OC)cc2)nc1NCC1CCCCC1C(=O)OC. The number of ether oxygens (including phenoxy) is 3. The summed E-state index contributed by atoms with van der Waals surface area (Å²) in [6.45, 7) is 2.51. The maximum atomic E-state index is 12.4. The van der Waals surface area contributed by atoms with Crippen molar-refractivity contribution in [3.8, 4) is 17.1 Å². The molecule has 0 radical (unpaired) electrons. The minimum atomic E-state index is -0.487. The minimum absolute atomic E-state index is 0.107. The van der Waals surface area contributed by atoms with Crippen molar-refractivity contribution < 1.29 is 23.8 Å². The summed E-state index contributed by atoms with van der Waals surface area (Å²) in [4.78, 5) is 33.6. The van der Waals surface area contributed by atoms with Gasteiger partial charge in [-0.25, -0.2) is 14.8 Å². The van der Waals surface area contributed by atoms with Gasteiger partial charge in [-0.05, 0) is 49.9 Å². The molecule has 1 N–H and O–H groups in total. The molecule has 2 unspecified atom stereocenters. The second-order valence-electron chi connectivity index (χ2n) is 7.46. The van der Waals surface area contributed by atoms with Crippen molar-refractivity contribution in [2.45, 2.75) is 32.6 Å². The highest BCUT2D eigenvalue weighted by atomic mass is 16.5. The number of nitrogens with zero attached hydrogens (tertiary/aromatic N) is 2. The van der Waals surface area contributed by atoms with Crippen LogP contribution in [0.15, 0.2) is 30.5 Å². The summed E-state index contributed by atoms with van der Waals surface area (Å²) in [5.41, 5.74) is 1.06. The highest BCUT2D eigenvalue weighted by molar-refractivity contribution is 5.94. The number of aromatic nitrogens is 2. The molecular weight excluding hydrogens is 398 g/mol. The van der Waals surface area contributed by atoms with E-state index in [1.165, 1.54) is 13.3 Å². The molecule has 8 nitrogen and oxygen atoms in total. The zero-order valence-corrected chi connectivity index (χ0v) is 18.2. The average Bonchev–Trinajstić information content (AvgIpc) is 2.82. The second-order valence-corrected chi connectivity index (χ2v) is 7.46. The molecule has 166 valence electrons. The molecule has 0 aliphatic heterocycles. The standard InChI is InChI=1S/C23H29N3O5/c1-4-31-23(28)19-14-25-20(15-9-11-17(29-2)12-10-15)26-21(19)24-13-16-7-5-6-8-18(16)22(27)30-3/h9-12,14,16,18H,4-8,13H2,1-3H3,(H,24,25,26). The fraction of sp³-hybridized carbons (Fsp3) is 0.478. The molecule has 1 aliphatic rings. The number of carbonyl (C=O) groups excluding carboxylic acids is 2. The predicted molar refractivity (Wildman–Crippen MR) is 116 cm³/mol. The lowest BCUT2D eigenvalue weighted by molar-refractivity contribution is -0.148. The summed E-state index contributed by atoms with van der Waals surface area (Å²) in [5, 5.41) is 3.28. The number of hydrogen-bond donors (Lipinski definition) is 1. The van der Waals surface area contributed by atoms with Crippen LogP contribution < -0.4 is 10.1 Å². The van der Waals surface area contributed by atoms with Gasteiger partial charge in [-0.1, -0.05) is 12.8 Å². The van der Waals surface area contributed by atoms with Gasteiger partial charge in [-0.2, -0.15) is 0 Å². The third-order valence-corrected chi connectivity index (χ3v) is 5.58. The van der Waals surface area contributed by atoms with Crippen molar-refractivity contribution >= 4 is 17.8 Å². The molecule has 8 heteroatoms. The van der Waals surface area contributed by atoms with Crippen LogP contribution in [0.1, 0.15) is 43.0 Å². The summed E-state index contributed by atoms with van der Waals surface area (Å²) in [7, 11) is 3.03. The van der Waals surface area contributed by atoms with Gasteiger partial charge in [0, 0.05) is 18.3 Å². The molecule has 1 fully saturated rings. The van der Waals surface area contributed by atoms with E-state index < -0.39 is 5.97 Å². The lowest BCUT2D eigenvalue weighted by atomic mass is 9.79. The summed E-state index contributed by atoms with van der Waals surface area (Å²) >= 11 is 0. The molecule has 1 heterocycles. The van der Waals surface area contributed by atoms with Crippen molar-refractivity contribution in [3.63, 3.8) is 0 Å².